The van der Waals surface area contributed by atoms with Crippen molar-refractivity contribution in [1.29, 1.82) is 0 Å². The summed E-state index contributed by atoms with van der Waals surface area (Å²) >= 11 is 1.50. The zero-order valence-electron chi connectivity index (χ0n) is 10.6. The van der Waals surface area contributed by atoms with Crippen LogP contribution in [0.4, 0.5) is 4.39 Å². The maximum Gasteiger partial charge on any atom is 0.136 e. The second-order valence-electron chi connectivity index (χ2n) is 3.84. The summed E-state index contributed by atoms with van der Waals surface area (Å²) in [4.78, 5) is 2.78. The average Bonchev–Trinajstić information content (AvgIpc) is 2.38. The number of methoxy groups -OCH3 is 1. The smallest absolute Gasteiger partial charge is 0.136 e. The van der Waals surface area contributed by atoms with Gasteiger partial charge in [0.2, 0.25) is 0 Å². The molecule has 1 N–H and O–H groups in total. The predicted octanol–water partition coefficient (Wildman–Crippen LogP) is 1.86. The second kappa shape index (κ2) is 9.33. The first kappa shape index (κ1) is 15.4. The van der Waals surface area contributed by atoms with Crippen LogP contribution in [0.15, 0.2) is 29.2 Å². The largest absolute Gasteiger partial charge is 0.395 e. The molecule has 0 spiro atoms. The van der Waals surface area contributed by atoms with E-state index in [1.807, 2.05) is 6.07 Å². The molecule has 0 amide bonds. The minimum absolute atomic E-state index is 0.133. The fraction of sp³-hybridized carbons (Fsp3) is 0.538. The summed E-state index contributed by atoms with van der Waals surface area (Å²) in [6, 6.07) is 6.78. The minimum Gasteiger partial charge on any atom is -0.395 e. The Kier molecular flexibility index (Phi) is 8.00. The number of nitrogens with zero attached hydrogens (tertiary/aromatic N) is 1. The Morgan fingerprint density at radius 1 is 1.28 bits per heavy atom. The molecule has 0 atom stereocenters. The quantitative estimate of drug-likeness (QED) is 0.696. The molecule has 5 heteroatoms. The predicted molar refractivity (Wildman–Crippen MR) is 72.5 cm³/mol. The Hall–Kier alpha value is -0.620. The molecule has 0 bridgehead atoms. The number of thioether (sulfide) groups is 1. The molecule has 18 heavy (non-hydrogen) atoms. The lowest BCUT2D eigenvalue weighted by Crippen LogP contribution is -2.32. The first-order valence-electron chi connectivity index (χ1n) is 5.97. The van der Waals surface area contributed by atoms with Gasteiger partial charge >= 0.3 is 0 Å². The lowest BCUT2D eigenvalue weighted by molar-refractivity contribution is 0.135. The van der Waals surface area contributed by atoms with Gasteiger partial charge in [-0.3, -0.25) is 4.90 Å². The molecule has 102 valence electrons. The Balaban J connectivity index is 2.31. The molecular weight excluding hydrogens is 253 g/mol. The van der Waals surface area contributed by atoms with E-state index in [0.29, 0.717) is 18.0 Å². The van der Waals surface area contributed by atoms with Crippen molar-refractivity contribution in [2.45, 2.75) is 4.90 Å². The Labute approximate surface area is 112 Å². The van der Waals surface area contributed by atoms with Crippen molar-refractivity contribution < 1.29 is 14.2 Å². The number of hydrogen-bond donors (Lipinski definition) is 1. The van der Waals surface area contributed by atoms with Gasteiger partial charge in [-0.25, -0.2) is 4.39 Å². The molecule has 1 aromatic carbocycles. The van der Waals surface area contributed by atoms with Crippen molar-refractivity contribution in [2.75, 3.05) is 45.7 Å². The van der Waals surface area contributed by atoms with Gasteiger partial charge in [-0.05, 0) is 12.1 Å². The molecule has 0 saturated heterocycles. The fourth-order valence-electron chi connectivity index (χ4n) is 1.54. The fourth-order valence-corrected chi connectivity index (χ4v) is 2.49. The van der Waals surface area contributed by atoms with Crippen molar-refractivity contribution in [2.24, 2.45) is 0 Å². The molecule has 1 aromatic rings. The van der Waals surface area contributed by atoms with Gasteiger partial charge in [0.15, 0.2) is 0 Å². The van der Waals surface area contributed by atoms with Crippen LogP contribution >= 0.6 is 11.8 Å². The zero-order chi connectivity index (χ0) is 13.2. The molecule has 0 aliphatic heterocycles. The Morgan fingerprint density at radius 2 is 2.06 bits per heavy atom. The van der Waals surface area contributed by atoms with Crippen molar-refractivity contribution in [3.63, 3.8) is 0 Å². The first-order chi connectivity index (χ1) is 8.77. The highest BCUT2D eigenvalue weighted by Gasteiger charge is 2.06. The first-order valence-corrected chi connectivity index (χ1v) is 6.96. The van der Waals surface area contributed by atoms with Crippen LogP contribution in [0.5, 0.6) is 0 Å². The molecule has 0 aromatic heterocycles. The standard InChI is InChI=1S/C13H20FNO2S/c1-17-10-7-15(6-9-16)8-11-18-13-5-3-2-4-12(13)14/h2-5,16H,6-11H2,1H3. The zero-order valence-corrected chi connectivity index (χ0v) is 11.5. The molecule has 1 rings (SSSR count). The van der Waals surface area contributed by atoms with Crippen LogP contribution in [0, 0.1) is 5.82 Å². The molecule has 0 saturated carbocycles. The van der Waals surface area contributed by atoms with Crippen LogP contribution in [0.2, 0.25) is 0 Å². The monoisotopic (exact) mass is 273 g/mol. The summed E-state index contributed by atoms with van der Waals surface area (Å²) in [5.41, 5.74) is 0. The van der Waals surface area contributed by atoms with Crippen LogP contribution < -0.4 is 0 Å². The van der Waals surface area contributed by atoms with E-state index in [2.05, 4.69) is 4.90 Å². The van der Waals surface area contributed by atoms with Gasteiger partial charge < -0.3 is 9.84 Å². The van der Waals surface area contributed by atoms with Crippen LogP contribution in [-0.2, 0) is 4.74 Å². The third-order valence-corrected chi connectivity index (χ3v) is 3.56. The molecule has 0 aliphatic carbocycles. The van der Waals surface area contributed by atoms with Crippen molar-refractivity contribution in [1.82, 2.24) is 4.90 Å². The highest BCUT2D eigenvalue weighted by molar-refractivity contribution is 7.99. The van der Waals surface area contributed by atoms with E-state index in [-0.39, 0.29) is 12.4 Å². The van der Waals surface area contributed by atoms with Gasteiger partial charge in [-0.1, -0.05) is 12.1 Å². The minimum atomic E-state index is -0.173. The summed E-state index contributed by atoms with van der Waals surface area (Å²) in [6.45, 7) is 3.00. The van der Waals surface area contributed by atoms with Gasteiger partial charge in [-0.15, -0.1) is 11.8 Å². The van der Waals surface area contributed by atoms with Crippen LogP contribution in [0.1, 0.15) is 0 Å². The Bertz CT molecular complexity index is 339. The van der Waals surface area contributed by atoms with Gasteiger partial charge in [-0.2, -0.15) is 0 Å². The Morgan fingerprint density at radius 3 is 2.72 bits per heavy atom. The highest BCUT2D eigenvalue weighted by atomic mass is 32.2. The third kappa shape index (κ3) is 5.82. The van der Waals surface area contributed by atoms with Crippen molar-refractivity contribution in [3.05, 3.63) is 30.1 Å². The number of aliphatic hydroxyl groups is 1. The molecular formula is C13H20FNO2S. The van der Waals surface area contributed by atoms with Crippen LogP contribution in [0.3, 0.4) is 0 Å². The number of hydrogen-bond acceptors (Lipinski definition) is 4. The van der Waals surface area contributed by atoms with Gasteiger partial charge in [0.1, 0.15) is 5.82 Å². The van der Waals surface area contributed by atoms with Gasteiger partial charge in [0, 0.05) is 37.4 Å². The number of rotatable bonds is 9. The SMILES string of the molecule is COCCN(CCO)CCSc1ccccc1F. The van der Waals surface area contributed by atoms with Gasteiger partial charge in [0.25, 0.3) is 0 Å². The summed E-state index contributed by atoms with van der Waals surface area (Å²) < 4.78 is 18.4. The number of halogens is 1. The molecule has 0 unspecified atom stereocenters. The van der Waals surface area contributed by atoms with E-state index in [0.717, 1.165) is 18.8 Å². The molecule has 0 heterocycles. The molecule has 0 aliphatic rings. The molecule has 0 radical (unpaired) electrons. The topological polar surface area (TPSA) is 32.7 Å². The van der Waals surface area contributed by atoms with E-state index in [4.69, 9.17) is 9.84 Å². The van der Waals surface area contributed by atoms with Crippen LogP contribution in [-0.4, -0.2) is 55.7 Å². The summed E-state index contributed by atoms with van der Waals surface area (Å²) in [7, 11) is 1.66. The number of ether oxygens (including phenoxy) is 1. The van der Waals surface area contributed by atoms with Crippen molar-refractivity contribution >= 4 is 11.8 Å². The van der Waals surface area contributed by atoms with E-state index < -0.39 is 0 Å². The lowest BCUT2D eigenvalue weighted by atomic mass is 10.3. The lowest BCUT2D eigenvalue weighted by Gasteiger charge is -2.20. The molecule has 0 fully saturated rings. The summed E-state index contributed by atoms with van der Waals surface area (Å²) in [5, 5.41) is 8.95. The number of aliphatic hydroxyl groups excluding tert-OH is 1. The normalized spacial score (nSPS) is 11.1. The maximum absolute atomic E-state index is 13.4. The van der Waals surface area contributed by atoms with E-state index in [1.165, 1.54) is 17.8 Å². The number of benzene rings is 1. The highest BCUT2D eigenvalue weighted by Crippen LogP contribution is 2.20. The molecule has 3 nitrogen and oxygen atoms in total. The maximum atomic E-state index is 13.4. The van der Waals surface area contributed by atoms with Crippen molar-refractivity contribution in [3.8, 4) is 0 Å². The average molecular weight is 273 g/mol. The van der Waals surface area contributed by atoms with E-state index >= 15 is 0 Å². The van der Waals surface area contributed by atoms with Gasteiger partial charge in [0.05, 0.1) is 13.2 Å². The third-order valence-electron chi connectivity index (χ3n) is 2.53. The second-order valence-corrected chi connectivity index (χ2v) is 4.97. The summed E-state index contributed by atoms with van der Waals surface area (Å²) in [5.74, 6) is 0.623. The van der Waals surface area contributed by atoms with E-state index in [9.17, 15) is 4.39 Å². The van der Waals surface area contributed by atoms with E-state index in [1.54, 1.807) is 19.2 Å². The summed E-state index contributed by atoms with van der Waals surface area (Å²) in [6.07, 6.45) is 0. The van der Waals surface area contributed by atoms with Crippen LogP contribution in [0.25, 0.3) is 0 Å².